The third kappa shape index (κ3) is 5.39. The quantitative estimate of drug-likeness (QED) is 0.371. The van der Waals surface area contributed by atoms with Crippen molar-refractivity contribution in [1.29, 1.82) is 0 Å². The molecule has 2 aromatic heterocycles. The summed E-state index contributed by atoms with van der Waals surface area (Å²) in [4.78, 5) is 21.4. The van der Waals surface area contributed by atoms with Crippen LogP contribution >= 0.6 is 11.3 Å². The number of nitrogen functional groups attached to an aromatic ring is 1. The van der Waals surface area contributed by atoms with Crippen LogP contribution < -0.4 is 16.8 Å². The summed E-state index contributed by atoms with van der Waals surface area (Å²) < 4.78 is 34.7. The van der Waals surface area contributed by atoms with Crippen molar-refractivity contribution < 1.29 is 23.4 Å². The van der Waals surface area contributed by atoms with Gasteiger partial charge in [-0.1, -0.05) is 18.3 Å². The summed E-state index contributed by atoms with van der Waals surface area (Å²) in [5.74, 6) is -2.24. The van der Waals surface area contributed by atoms with Crippen molar-refractivity contribution in [2.45, 2.75) is 51.4 Å². The number of carbonyl (C=O) groups is 1. The lowest BCUT2D eigenvalue weighted by atomic mass is 9.74. The number of nitrogens with zero attached hydrogens (tertiary/aromatic N) is 2. The number of hydrogen-bond donors (Lipinski definition) is 4. The summed E-state index contributed by atoms with van der Waals surface area (Å²) in [7, 11) is 0. The fourth-order valence-electron chi connectivity index (χ4n) is 4.61. The van der Waals surface area contributed by atoms with E-state index >= 15 is 0 Å². The Labute approximate surface area is 211 Å². The highest BCUT2D eigenvalue weighted by Gasteiger charge is 2.34. The maximum Gasteiger partial charge on any atom is 0.277 e. The molecule has 4 atom stereocenters. The molecule has 4 rings (SSSR count). The zero-order valence-electron chi connectivity index (χ0n) is 20.0. The van der Waals surface area contributed by atoms with E-state index in [1.807, 2.05) is 13.0 Å². The summed E-state index contributed by atoms with van der Waals surface area (Å²) in [6.07, 6.45) is 3.82. The van der Waals surface area contributed by atoms with Crippen molar-refractivity contribution in [3.05, 3.63) is 59.0 Å². The van der Waals surface area contributed by atoms with Crippen LogP contribution in [0, 0.1) is 17.6 Å². The number of nitrogens with one attached hydrogen (secondary N) is 1. The largest absolute Gasteiger partial charge is 0.391 e. The highest BCUT2D eigenvalue weighted by molar-refractivity contribution is 7.19. The van der Waals surface area contributed by atoms with Crippen molar-refractivity contribution in [1.82, 2.24) is 9.97 Å². The molecular formula is C25H29F2N5O3S. The summed E-state index contributed by atoms with van der Waals surface area (Å²) in [5.41, 5.74) is 13.3. The Bertz CT molecular complexity index is 1220. The summed E-state index contributed by atoms with van der Waals surface area (Å²) >= 11 is 0.826. The van der Waals surface area contributed by atoms with Gasteiger partial charge in [0, 0.05) is 18.8 Å². The van der Waals surface area contributed by atoms with Gasteiger partial charge in [-0.25, -0.2) is 13.8 Å². The molecule has 0 saturated heterocycles. The predicted octanol–water partition coefficient (Wildman–Crippen LogP) is 4.06. The molecule has 2 heterocycles. The average Bonchev–Trinajstić information content (AvgIpc) is 3.21. The van der Waals surface area contributed by atoms with Crippen molar-refractivity contribution in [2.75, 3.05) is 17.7 Å². The normalized spacial score (nSPS) is 21.9. The molecule has 1 aliphatic rings. The zero-order valence-corrected chi connectivity index (χ0v) is 20.8. The molecule has 6 N–H and O–H groups in total. The van der Waals surface area contributed by atoms with Gasteiger partial charge in [-0.15, -0.1) is 0 Å². The smallest absolute Gasteiger partial charge is 0.277 e. The summed E-state index contributed by atoms with van der Waals surface area (Å²) in [6.45, 7) is 4.22. The van der Waals surface area contributed by atoms with E-state index in [0.717, 1.165) is 16.9 Å². The third-order valence-electron chi connectivity index (χ3n) is 6.43. The van der Waals surface area contributed by atoms with Crippen LogP contribution in [0.3, 0.4) is 0 Å². The molecule has 1 aromatic carbocycles. The Kier molecular flexibility index (Phi) is 7.94. The molecule has 192 valence electrons. The second-order valence-corrected chi connectivity index (χ2v) is 10.1. The molecule has 36 heavy (non-hydrogen) atoms. The van der Waals surface area contributed by atoms with Gasteiger partial charge in [-0.3, -0.25) is 9.78 Å². The Hall–Kier alpha value is -2.99. The van der Waals surface area contributed by atoms with Crippen LogP contribution in [-0.2, 0) is 11.3 Å². The number of rotatable bonds is 7. The number of anilines is 2. The lowest BCUT2D eigenvalue weighted by Crippen LogP contribution is -2.44. The van der Waals surface area contributed by atoms with E-state index in [9.17, 15) is 18.7 Å². The second kappa shape index (κ2) is 11.0. The molecule has 0 aliphatic heterocycles. The highest BCUT2D eigenvalue weighted by Crippen LogP contribution is 2.39. The molecule has 11 heteroatoms. The number of carbonyl (C=O) groups excluding carboxylic acids is 1. The van der Waals surface area contributed by atoms with E-state index in [2.05, 4.69) is 15.3 Å². The predicted molar refractivity (Wildman–Crippen MR) is 135 cm³/mol. The fraction of sp³-hybridized carbons (Fsp3) is 0.400. The second-order valence-electron chi connectivity index (χ2n) is 9.02. The number of amides is 1. The van der Waals surface area contributed by atoms with Gasteiger partial charge in [0.15, 0.2) is 5.69 Å². The minimum atomic E-state index is -0.815. The number of aliphatic hydroxyl groups excluding tert-OH is 1. The van der Waals surface area contributed by atoms with Gasteiger partial charge >= 0.3 is 0 Å². The van der Waals surface area contributed by atoms with Gasteiger partial charge in [0.2, 0.25) is 0 Å². The van der Waals surface area contributed by atoms with Crippen LogP contribution in [-0.4, -0.2) is 39.7 Å². The Balaban J connectivity index is 1.58. The van der Waals surface area contributed by atoms with Gasteiger partial charge in [0.25, 0.3) is 5.91 Å². The first-order chi connectivity index (χ1) is 17.2. The van der Waals surface area contributed by atoms with Crippen LogP contribution in [0.1, 0.15) is 54.2 Å². The summed E-state index contributed by atoms with van der Waals surface area (Å²) in [5, 5.41) is 13.0. The number of aromatic nitrogens is 2. The molecule has 1 amide bonds. The van der Waals surface area contributed by atoms with Crippen LogP contribution in [0.25, 0.3) is 10.6 Å². The topological polar surface area (TPSA) is 136 Å². The van der Waals surface area contributed by atoms with Crippen LogP contribution in [0.5, 0.6) is 0 Å². The number of halogens is 2. The Morgan fingerprint density at radius 1 is 1.31 bits per heavy atom. The number of nitrogens with two attached hydrogens (primary N) is 2. The van der Waals surface area contributed by atoms with Crippen molar-refractivity contribution >= 4 is 27.9 Å². The van der Waals surface area contributed by atoms with E-state index in [1.54, 1.807) is 13.1 Å². The highest BCUT2D eigenvalue weighted by atomic mass is 32.1. The van der Waals surface area contributed by atoms with Crippen LogP contribution in [0.2, 0.25) is 0 Å². The average molecular weight is 518 g/mol. The number of hydrogen-bond acceptors (Lipinski definition) is 8. The SMILES string of the molecule is CCOCc1cc(F)c(-c2nc(C(=O)Nc3cnccc3[C@H]3C[C@@H](N)[C@H](O)[C@@H](C)C3)c(N)s2)c(F)c1. The molecule has 0 radical (unpaired) electrons. The number of aliphatic hydroxyl groups is 1. The standard InChI is InChI=1S/C25H29F2N5O3S/c1-3-35-11-13-7-16(26)20(17(27)8-13)25-32-21(23(29)36-25)24(34)31-19-10-30-5-4-15(19)14-6-12(2)22(33)18(28)9-14/h4-5,7-8,10,12,14,18,22,33H,3,6,9,11,28-29H2,1-2H3,(H,31,34)/t12-,14+,18+,22+/m0/s1. The maximum absolute atomic E-state index is 14.8. The van der Waals surface area contributed by atoms with E-state index in [-0.39, 0.29) is 45.8 Å². The van der Waals surface area contributed by atoms with Crippen LogP contribution in [0.4, 0.5) is 19.5 Å². The number of ether oxygens (including phenoxy) is 1. The maximum atomic E-state index is 14.8. The first-order valence-electron chi connectivity index (χ1n) is 11.7. The molecule has 0 unspecified atom stereocenters. The third-order valence-corrected chi connectivity index (χ3v) is 7.34. The van der Waals surface area contributed by atoms with Crippen molar-refractivity contribution in [2.24, 2.45) is 11.7 Å². The molecule has 1 fully saturated rings. The first kappa shape index (κ1) is 26.1. The van der Waals surface area contributed by atoms with Gasteiger partial charge in [0.05, 0.1) is 30.2 Å². The fourth-order valence-corrected chi connectivity index (χ4v) is 5.49. The summed E-state index contributed by atoms with van der Waals surface area (Å²) in [6, 6.07) is 3.79. The minimum absolute atomic E-state index is 0.00285. The van der Waals surface area contributed by atoms with Crippen LogP contribution in [0.15, 0.2) is 30.6 Å². The van der Waals surface area contributed by atoms with Gasteiger partial charge in [-0.05, 0) is 60.9 Å². The molecule has 8 nitrogen and oxygen atoms in total. The Morgan fingerprint density at radius 3 is 2.69 bits per heavy atom. The Morgan fingerprint density at radius 2 is 2.03 bits per heavy atom. The molecule has 1 saturated carbocycles. The van der Waals surface area contributed by atoms with E-state index in [4.69, 9.17) is 16.2 Å². The van der Waals surface area contributed by atoms with E-state index < -0.39 is 23.6 Å². The first-order valence-corrected chi connectivity index (χ1v) is 12.5. The number of benzene rings is 1. The van der Waals surface area contributed by atoms with E-state index in [0.29, 0.717) is 30.7 Å². The molecule has 0 bridgehead atoms. The lowest BCUT2D eigenvalue weighted by Gasteiger charge is -2.36. The van der Waals surface area contributed by atoms with Gasteiger partial charge in [0.1, 0.15) is 21.6 Å². The van der Waals surface area contributed by atoms with Crippen molar-refractivity contribution in [3.8, 4) is 10.6 Å². The van der Waals surface area contributed by atoms with E-state index in [1.165, 1.54) is 18.3 Å². The lowest BCUT2D eigenvalue weighted by molar-refractivity contribution is 0.0521. The van der Waals surface area contributed by atoms with Crippen molar-refractivity contribution in [3.63, 3.8) is 0 Å². The number of thiazole rings is 1. The monoisotopic (exact) mass is 517 g/mol. The minimum Gasteiger partial charge on any atom is -0.391 e. The number of pyridine rings is 1. The molecular weight excluding hydrogens is 488 g/mol. The zero-order chi connectivity index (χ0) is 26.0. The molecule has 0 spiro atoms. The van der Waals surface area contributed by atoms with Gasteiger partial charge < -0.3 is 26.6 Å². The van der Waals surface area contributed by atoms with Gasteiger partial charge in [-0.2, -0.15) is 0 Å². The molecule has 1 aliphatic carbocycles. The molecule has 3 aromatic rings.